The van der Waals surface area contributed by atoms with Crippen LogP contribution in [0.15, 0.2) is 35.7 Å². The fraction of sp³-hybridized carbons (Fsp3) is 0.214. The van der Waals surface area contributed by atoms with Crippen LogP contribution < -0.4 is 4.90 Å². The molecular formula is C14H13NOS. The van der Waals surface area contributed by atoms with Gasteiger partial charge in [0, 0.05) is 17.6 Å². The van der Waals surface area contributed by atoms with Crippen molar-refractivity contribution in [1.29, 1.82) is 0 Å². The molecule has 1 amide bonds. The summed E-state index contributed by atoms with van der Waals surface area (Å²) in [6, 6.07) is 10.1. The number of para-hydroxylation sites is 1. The first-order valence-electron chi connectivity index (χ1n) is 5.60. The van der Waals surface area contributed by atoms with Crippen molar-refractivity contribution in [2.75, 3.05) is 11.9 Å². The van der Waals surface area contributed by atoms with Crippen LogP contribution in [-0.4, -0.2) is 13.0 Å². The van der Waals surface area contributed by atoms with Crippen LogP contribution >= 0.6 is 11.3 Å². The topological polar surface area (TPSA) is 20.3 Å². The summed E-state index contributed by atoms with van der Waals surface area (Å²) in [7, 11) is 1.85. The number of nitrogens with zero attached hydrogens (tertiary/aromatic N) is 1. The van der Waals surface area contributed by atoms with Gasteiger partial charge in [-0.2, -0.15) is 0 Å². The zero-order chi connectivity index (χ0) is 12.0. The Morgan fingerprint density at radius 1 is 1.24 bits per heavy atom. The van der Waals surface area contributed by atoms with Crippen molar-refractivity contribution in [3.05, 3.63) is 51.7 Å². The van der Waals surface area contributed by atoms with Gasteiger partial charge in [-0.15, -0.1) is 11.3 Å². The molecule has 2 aromatic rings. The number of aryl methyl sites for hydroxylation is 1. The van der Waals surface area contributed by atoms with Gasteiger partial charge in [-0.05, 0) is 35.6 Å². The van der Waals surface area contributed by atoms with Gasteiger partial charge in [0.15, 0.2) is 0 Å². The third-order valence-corrected chi connectivity index (χ3v) is 4.43. The molecule has 3 rings (SSSR count). The molecule has 1 aliphatic heterocycles. The monoisotopic (exact) mass is 243 g/mol. The second-order valence-electron chi connectivity index (χ2n) is 4.36. The van der Waals surface area contributed by atoms with Gasteiger partial charge in [0.2, 0.25) is 5.91 Å². The molecule has 0 fully saturated rings. The minimum Gasteiger partial charge on any atom is -0.314 e. The van der Waals surface area contributed by atoms with Crippen molar-refractivity contribution in [2.45, 2.75) is 12.8 Å². The van der Waals surface area contributed by atoms with E-state index in [2.05, 4.69) is 24.4 Å². The smallest absolute Gasteiger partial charge is 0.239 e. The van der Waals surface area contributed by atoms with E-state index in [1.165, 1.54) is 10.4 Å². The third-order valence-electron chi connectivity index (χ3n) is 3.35. The minimum atomic E-state index is -0.101. The summed E-state index contributed by atoms with van der Waals surface area (Å²) in [5.74, 6) is 0.0768. The van der Waals surface area contributed by atoms with Gasteiger partial charge in [0.25, 0.3) is 0 Å². The number of carbonyl (C=O) groups excluding carboxylic acids is 1. The quantitative estimate of drug-likeness (QED) is 0.753. The molecule has 0 bridgehead atoms. The van der Waals surface area contributed by atoms with Gasteiger partial charge >= 0.3 is 0 Å². The highest BCUT2D eigenvalue weighted by atomic mass is 32.1. The summed E-state index contributed by atoms with van der Waals surface area (Å²) in [5.41, 5.74) is 3.37. The van der Waals surface area contributed by atoms with Crippen LogP contribution in [0, 0.1) is 6.92 Å². The third kappa shape index (κ3) is 1.42. The first-order valence-corrected chi connectivity index (χ1v) is 6.48. The van der Waals surface area contributed by atoms with Crippen LogP contribution in [0.3, 0.4) is 0 Å². The summed E-state index contributed by atoms with van der Waals surface area (Å²) in [5, 5.41) is 2.05. The molecule has 1 aromatic carbocycles. The van der Waals surface area contributed by atoms with Crippen LogP contribution in [0.2, 0.25) is 0 Å². The van der Waals surface area contributed by atoms with E-state index >= 15 is 0 Å². The number of hydrogen-bond acceptors (Lipinski definition) is 2. The minimum absolute atomic E-state index is 0.101. The molecule has 0 aliphatic carbocycles. The van der Waals surface area contributed by atoms with Crippen LogP contribution in [0.5, 0.6) is 0 Å². The maximum Gasteiger partial charge on any atom is 0.239 e. The largest absolute Gasteiger partial charge is 0.314 e. The Labute approximate surface area is 105 Å². The Bertz CT molecular complexity index is 587. The van der Waals surface area contributed by atoms with Crippen molar-refractivity contribution in [3.8, 4) is 0 Å². The molecule has 0 saturated heterocycles. The first-order chi connectivity index (χ1) is 8.20. The lowest BCUT2D eigenvalue weighted by molar-refractivity contribution is -0.118. The zero-order valence-corrected chi connectivity index (χ0v) is 10.6. The Balaban J connectivity index is 2.19. The molecular weight excluding hydrogens is 230 g/mol. The highest BCUT2D eigenvalue weighted by Crippen LogP contribution is 2.42. The van der Waals surface area contributed by atoms with Gasteiger partial charge in [-0.3, -0.25) is 4.79 Å². The highest BCUT2D eigenvalue weighted by Gasteiger charge is 2.37. The van der Waals surface area contributed by atoms with Gasteiger partial charge in [0.05, 0.1) is 0 Å². The van der Waals surface area contributed by atoms with E-state index in [0.717, 1.165) is 11.3 Å². The lowest BCUT2D eigenvalue weighted by atomic mass is 9.97. The molecule has 2 heterocycles. The molecule has 17 heavy (non-hydrogen) atoms. The Morgan fingerprint density at radius 3 is 2.71 bits per heavy atom. The number of benzene rings is 1. The Kier molecular flexibility index (Phi) is 2.30. The number of hydrogen-bond donors (Lipinski definition) is 0. The molecule has 2 nitrogen and oxygen atoms in total. The van der Waals surface area contributed by atoms with Gasteiger partial charge in [0.1, 0.15) is 5.92 Å². The lowest BCUT2D eigenvalue weighted by Crippen LogP contribution is -2.24. The summed E-state index contributed by atoms with van der Waals surface area (Å²) in [6.07, 6.45) is 0. The fourth-order valence-corrected chi connectivity index (χ4v) is 3.45. The Hall–Kier alpha value is -1.61. The molecule has 86 valence electrons. The number of fused-ring (bicyclic) bond motifs is 1. The van der Waals surface area contributed by atoms with E-state index in [1.54, 1.807) is 16.2 Å². The number of amides is 1. The maximum absolute atomic E-state index is 12.3. The van der Waals surface area contributed by atoms with E-state index in [9.17, 15) is 4.79 Å². The number of likely N-dealkylation sites (N-methyl/N-ethyl adjacent to an activating group) is 1. The number of anilines is 1. The molecule has 1 aromatic heterocycles. The van der Waals surface area contributed by atoms with Crippen molar-refractivity contribution in [1.82, 2.24) is 0 Å². The summed E-state index contributed by atoms with van der Waals surface area (Å²) < 4.78 is 0. The molecule has 3 heteroatoms. The predicted molar refractivity (Wildman–Crippen MR) is 70.8 cm³/mol. The van der Waals surface area contributed by atoms with E-state index in [4.69, 9.17) is 0 Å². The van der Waals surface area contributed by atoms with E-state index in [1.807, 2.05) is 25.2 Å². The Morgan fingerprint density at radius 2 is 2.00 bits per heavy atom. The number of carbonyl (C=O) groups is 1. The molecule has 0 N–H and O–H groups in total. The molecule has 1 atom stereocenters. The van der Waals surface area contributed by atoms with E-state index < -0.39 is 0 Å². The average molecular weight is 243 g/mol. The summed E-state index contributed by atoms with van der Waals surface area (Å²) in [4.78, 5) is 15.3. The van der Waals surface area contributed by atoms with Crippen LogP contribution in [0.4, 0.5) is 5.69 Å². The standard InChI is InChI=1S/C14H13NOS/c1-9-7-8-17-13(9)12-10-5-3-4-6-11(10)15(2)14(12)16/h3-8,12H,1-2H3. The highest BCUT2D eigenvalue weighted by molar-refractivity contribution is 7.10. The van der Waals surface area contributed by atoms with Crippen molar-refractivity contribution in [3.63, 3.8) is 0 Å². The fourth-order valence-electron chi connectivity index (χ4n) is 2.42. The zero-order valence-electron chi connectivity index (χ0n) is 9.81. The van der Waals surface area contributed by atoms with Gasteiger partial charge in [-0.25, -0.2) is 0 Å². The van der Waals surface area contributed by atoms with Crippen LogP contribution in [0.1, 0.15) is 21.9 Å². The van der Waals surface area contributed by atoms with Crippen molar-refractivity contribution < 1.29 is 4.79 Å². The lowest BCUT2D eigenvalue weighted by Gasteiger charge is -2.10. The number of rotatable bonds is 1. The molecule has 0 radical (unpaired) electrons. The van der Waals surface area contributed by atoms with E-state index in [-0.39, 0.29) is 11.8 Å². The molecule has 0 saturated carbocycles. The molecule has 1 unspecified atom stereocenters. The van der Waals surface area contributed by atoms with Crippen LogP contribution in [0.25, 0.3) is 0 Å². The first kappa shape index (κ1) is 10.5. The second-order valence-corrected chi connectivity index (χ2v) is 5.30. The van der Waals surface area contributed by atoms with Gasteiger partial charge < -0.3 is 4.90 Å². The van der Waals surface area contributed by atoms with Gasteiger partial charge in [-0.1, -0.05) is 18.2 Å². The number of thiophene rings is 1. The SMILES string of the molecule is Cc1ccsc1C1C(=O)N(C)c2ccccc21. The predicted octanol–water partition coefficient (Wildman–Crippen LogP) is 3.16. The van der Waals surface area contributed by atoms with Crippen molar-refractivity contribution in [2.24, 2.45) is 0 Å². The summed E-state index contributed by atoms with van der Waals surface area (Å²) in [6.45, 7) is 2.07. The molecule has 0 spiro atoms. The second kappa shape index (κ2) is 3.70. The normalized spacial score (nSPS) is 18.6. The summed E-state index contributed by atoms with van der Waals surface area (Å²) >= 11 is 1.67. The van der Waals surface area contributed by atoms with E-state index in [0.29, 0.717) is 0 Å². The van der Waals surface area contributed by atoms with Crippen LogP contribution in [-0.2, 0) is 4.79 Å². The average Bonchev–Trinajstić information content (AvgIpc) is 2.84. The molecule has 1 aliphatic rings. The maximum atomic E-state index is 12.3. The van der Waals surface area contributed by atoms with Crippen molar-refractivity contribution >= 4 is 22.9 Å².